The van der Waals surface area contributed by atoms with Crippen LogP contribution >= 0.6 is 0 Å². The SMILES string of the molecule is COC(=O)c1ccc(-c2nc(Nc3ccc(NC4CCCCO4)c(C=N)c3C3CC3)n(C)n2)cc1.[HH]. The maximum absolute atomic E-state index is 11.7. The van der Waals surface area contributed by atoms with Gasteiger partial charge in [-0.25, -0.2) is 9.48 Å². The lowest BCUT2D eigenvalue weighted by Crippen LogP contribution is -2.27. The standard InChI is InChI=1S/C26H30N6O3.H2/c1-32-26(30-24(31-32)17-8-10-18(11-9-17)25(33)34-2)29-21-13-12-20(28-22-5-3-4-14-35-22)19(15-27)23(21)16-6-7-16;/h8-13,15-16,22,27-28H,3-7,14H2,1-2H3,(H,29,30,31);1H. The largest absolute Gasteiger partial charge is 0.465 e. The van der Waals surface area contributed by atoms with Crippen molar-refractivity contribution in [3.63, 3.8) is 0 Å². The van der Waals surface area contributed by atoms with Crippen molar-refractivity contribution in [1.82, 2.24) is 14.8 Å². The number of aryl methyl sites for hydroxylation is 1. The average Bonchev–Trinajstić information content (AvgIpc) is 3.67. The highest BCUT2D eigenvalue weighted by atomic mass is 16.5. The Balaban J connectivity index is 0.00000304. The van der Waals surface area contributed by atoms with Crippen molar-refractivity contribution >= 4 is 29.5 Å². The van der Waals surface area contributed by atoms with Gasteiger partial charge >= 0.3 is 5.97 Å². The van der Waals surface area contributed by atoms with Crippen LogP contribution < -0.4 is 10.6 Å². The molecule has 2 heterocycles. The number of hydrogen-bond acceptors (Lipinski definition) is 8. The van der Waals surface area contributed by atoms with E-state index in [4.69, 9.17) is 19.9 Å². The highest BCUT2D eigenvalue weighted by molar-refractivity contribution is 5.92. The van der Waals surface area contributed by atoms with Crippen molar-refractivity contribution in [2.75, 3.05) is 24.4 Å². The molecule has 9 nitrogen and oxygen atoms in total. The Morgan fingerprint density at radius 1 is 1.17 bits per heavy atom. The van der Waals surface area contributed by atoms with Gasteiger partial charge in [0.25, 0.3) is 0 Å². The van der Waals surface area contributed by atoms with E-state index in [0.717, 1.165) is 66.8 Å². The topological polar surface area (TPSA) is 114 Å². The van der Waals surface area contributed by atoms with Crippen LogP contribution in [0.25, 0.3) is 11.4 Å². The van der Waals surface area contributed by atoms with Gasteiger partial charge in [0, 0.05) is 43.8 Å². The minimum atomic E-state index is -0.379. The Morgan fingerprint density at radius 2 is 1.94 bits per heavy atom. The summed E-state index contributed by atoms with van der Waals surface area (Å²) < 4.78 is 12.3. The summed E-state index contributed by atoms with van der Waals surface area (Å²) in [5, 5.41) is 19.7. The van der Waals surface area contributed by atoms with Crippen molar-refractivity contribution in [3.05, 3.63) is 53.1 Å². The van der Waals surface area contributed by atoms with Crippen LogP contribution in [0.1, 0.15) is 60.9 Å². The molecule has 1 aromatic heterocycles. The van der Waals surface area contributed by atoms with Crippen LogP contribution in [-0.4, -0.2) is 46.9 Å². The second-order valence-electron chi connectivity index (χ2n) is 8.98. The van der Waals surface area contributed by atoms with Gasteiger partial charge in [-0.1, -0.05) is 12.1 Å². The number of ether oxygens (including phenoxy) is 2. The highest BCUT2D eigenvalue weighted by Crippen LogP contribution is 2.47. The summed E-state index contributed by atoms with van der Waals surface area (Å²) in [4.78, 5) is 16.4. The molecule has 3 N–H and O–H groups in total. The van der Waals surface area contributed by atoms with Crippen LogP contribution in [0.15, 0.2) is 36.4 Å². The van der Waals surface area contributed by atoms with Crippen molar-refractivity contribution < 1.29 is 15.7 Å². The Labute approximate surface area is 205 Å². The lowest BCUT2D eigenvalue weighted by Gasteiger charge is -2.26. The third-order valence-corrected chi connectivity index (χ3v) is 6.49. The minimum Gasteiger partial charge on any atom is -0.465 e. The summed E-state index contributed by atoms with van der Waals surface area (Å²) >= 11 is 0. The van der Waals surface area contributed by atoms with E-state index in [1.54, 1.807) is 16.8 Å². The molecule has 1 aliphatic carbocycles. The molecule has 2 aromatic carbocycles. The third-order valence-electron chi connectivity index (χ3n) is 6.49. The molecule has 0 radical (unpaired) electrons. The zero-order chi connectivity index (χ0) is 24.4. The fraction of sp³-hybridized carbons (Fsp3) is 0.385. The zero-order valence-corrected chi connectivity index (χ0v) is 20.0. The van der Waals surface area contributed by atoms with Gasteiger partial charge in [-0.2, -0.15) is 4.98 Å². The molecule has 0 amide bonds. The number of rotatable bonds is 8. The van der Waals surface area contributed by atoms with E-state index in [-0.39, 0.29) is 13.6 Å². The van der Waals surface area contributed by atoms with Gasteiger partial charge in [-0.3, -0.25) is 0 Å². The normalized spacial score (nSPS) is 17.6. The predicted octanol–water partition coefficient (Wildman–Crippen LogP) is 5.07. The Hall–Kier alpha value is -3.72. The average molecular weight is 477 g/mol. The first-order valence-corrected chi connectivity index (χ1v) is 12.0. The summed E-state index contributed by atoms with van der Waals surface area (Å²) in [7, 11) is 3.20. The quantitative estimate of drug-likeness (QED) is 0.307. The molecular weight excluding hydrogens is 444 g/mol. The number of benzene rings is 2. The third kappa shape index (κ3) is 4.90. The molecule has 0 bridgehead atoms. The first kappa shape index (κ1) is 23.0. The van der Waals surface area contributed by atoms with Crippen LogP contribution in [0, 0.1) is 5.41 Å². The van der Waals surface area contributed by atoms with Crippen molar-refractivity contribution in [3.8, 4) is 11.4 Å². The van der Waals surface area contributed by atoms with E-state index in [2.05, 4.69) is 15.7 Å². The summed E-state index contributed by atoms with van der Waals surface area (Å²) in [6.07, 6.45) is 6.85. The van der Waals surface area contributed by atoms with Gasteiger partial charge in [0.05, 0.1) is 12.7 Å². The van der Waals surface area contributed by atoms with Gasteiger partial charge in [-0.15, -0.1) is 5.10 Å². The summed E-state index contributed by atoms with van der Waals surface area (Å²) in [5.41, 5.74) is 5.18. The number of esters is 1. The molecule has 2 aliphatic rings. The smallest absolute Gasteiger partial charge is 0.337 e. The number of methoxy groups -OCH3 is 1. The minimum absolute atomic E-state index is 0. The van der Waals surface area contributed by atoms with E-state index < -0.39 is 0 Å². The monoisotopic (exact) mass is 476 g/mol. The van der Waals surface area contributed by atoms with Crippen molar-refractivity contribution in [2.45, 2.75) is 44.2 Å². The second kappa shape index (κ2) is 9.87. The molecule has 184 valence electrons. The van der Waals surface area contributed by atoms with Crippen molar-refractivity contribution in [2.24, 2.45) is 7.05 Å². The maximum atomic E-state index is 11.7. The van der Waals surface area contributed by atoms with Crippen molar-refractivity contribution in [1.29, 1.82) is 5.41 Å². The van der Waals surface area contributed by atoms with Gasteiger partial charge in [0.1, 0.15) is 6.23 Å². The van der Waals surface area contributed by atoms with Crippen LogP contribution in [-0.2, 0) is 16.5 Å². The molecule has 9 heteroatoms. The van der Waals surface area contributed by atoms with E-state index in [1.165, 1.54) is 13.3 Å². The molecule has 1 aliphatic heterocycles. The lowest BCUT2D eigenvalue weighted by molar-refractivity contribution is 0.0343. The van der Waals surface area contributed by atoms with Crippen LogP contribution in [0.4, 0.5) is 17.3 Å². The molecule has 1 saturated carbocycles. The molecule has 1 unspecified atom stereocenters. The first-order valence-electron chi connectivity index (χ1n) is 12.0. The van der Waals surface area contributed by atoms with E-state index in [1.807, 2.05) is 31.3 Å². The maximum Gasteiger partial charge on any atom is 0.337 e. The number of nitrogens with one attached hydrogen (secondary N) is 3. The molecule has 5 rings (SSSR count). The molecule has 0 spiro atoms. The molecule has 2 fully saturated rings. The van der Waals surface area contributed by atoms with Gasteiger partial charge in [0.15, 0.2) is 5.82 Å². The highest BCUT2D eigenvalue weighted by Gasteiger charge is 2.30. The summed E-state index contributed by atoms with van der Waals surface area (Å²) in [5.74, 6) is 1.20. The van der Waals surface area contributed by atoms with Crippen LogP contribution in [0.5, 0.6) is 0 Å². The van der Waals surface area contributed by atoms with Gasteiger partial charge in [-0.05, 0) is 67.9 Å². The summed E-state index contributed by atoms with van der Waals surface area (Å²) in [6, 6.07) is 11.1. The first-order chi connectivity index (χ1) is 17.1. The Kier molecular flexibility index (Phi) is 6.50. The molecule has 1 atom stereocenters. The number of hydrogen-bond donors (Lipinski definition) is 3. The molecular formula is C26H32N6O3. The number of nitrogens with zero attached hydrogens (tertiary/aromatic N) is 3. The lowest BCUT2D eigenvalue weighted by atomic mass is 9.99. The van der Waals surface area contributed by atoms with Crippen LogP contribution in [0.3, 0.4) is 0 Å². The molecule has 3 aromatic rings. The number of anilines is 3. The predicted molar refractivity (Wildman–Crippen MR) is 137 cm³/mol. The van der Waals surface area contributed by atoms with E-state index >= 15 is 0 Å². The number of carbonyl (C=O) groups excluding carboxylic acids is 1. The fourth-order valence-corrected chi connectivity index (χ4v) is 4.48. The Bertz CT molecular complexity index is 1230. The fourth-order valence-electron chi connectivity index (χ4n) is 4.48. The second-order valence-corrected chi connectivity index (χ2v) is 8.98. The van der Waals surface area contributed by atoms with E-state index in [0.29, 0.717) is 23.3 Å². The molecule has 35 heavy (non-hydrogen) atoms. The number of aromatic nitrogens is 3. The van der Waals surface area contributed by atoms with Crippen LogP contribution in [0.2, 0.25) is 0 Å². The molecule has 1 saturated heterocycles. The summed E-state index contributed by atoms with van der Waals surface area (Å²) in [6.45, 7) is 0.770. The van der Waals surface area contributed by atoms with Gasteiger partial charge in [0.2, 0.25) is 5.95 Å². The zero-order valence-electron chi connectivity index (χ0n) is 20.0. The van der Waals surface area contributed by atoms with Gasteiger partial charge < -0.3 is 25.5 Å². The van der Waals surface area contributed by atoms with E-state index in [9.17, 15) is 4.79 Å². The number of carbonyl (C=O) groups is 1. The Morgan fingerprint density at radius 3 is 2.60 bits per heavy atom.